The highest BCUT2D eigenvalue weighted by Crippen LogP contribution is 2.14. The molecule has 19 heavy (non-hydrogen) atoms. The zero-order valence-corrected chi connectivity index (χ0v) is 10.6. The first-order valence-corrected chi connectivity index (χ1v) is 6.07. The Morgan fingerprint density at radius 1 is 0.947 bits per heavy atom. The largest absolute Gasteiger partial charge is 0.434 e. The molecule has 0 bridgehead atoms. The summed E-state index contributed by atoms with van der Waals surface area (Å²) in [6, 6.07) is 0. The lowest BCUT2D eigenvalue weighted by atomic mass is 10.3. The summed E-state index contributed by atoms with van der Waals surface area (Å²) in [5.74, 6) is -1.04. The summed E-state index contributed by atoms with van der Waals surface area (Å²) in [5.41, 5.74) is 0. The van der Waals surface area contributed by atoms with Crippen molar-refractivity contribution in [3.05, 3.63) is 0 Å². The Labute approximate surface area is 109 Å². The summed E-state index contributed by atoms with van der Waals surface area (Å²) < 4.78 is 0. The van der Waals surface area contributed by atoms with Gasteiger partial charge in [0.25, 0.3) is 11.8 Å². The van der Waals surface area contributed by atoms with Gasteiger partial charge in [-0.05, 0) is 0 Å². The van der Waals surface area contributed by atoms with Crippen LogP contribution in [0, 0.1) is 0 Å². The summed E-state index contributed by atoms with van der Waals surface area (Å²) in [6.45, 7) is 2.97. The minimum Gasteiger partial charge on any atom is -0.339 e. The Balaban J connectivity index is 1.86. The number of nitrogens with zero attached hydrogens (tertiary/aromatic N) is 3. The van der Waals surface area contributed by atoms with Gasteiger partial charge in [0, 0.05) is 45.9 Å². The topological polar surface area (TPSA) is 87.2 Å². The molecule has 0 aliphatic carbocycles. The number of carbonyl (C=O) groups is 4. The molecule has 0 saturated carbocycles. The number of rotatable bonds is 1. The quantitative estimate of drug-likeness (QED) is 0.590. The maximum atomic E-state index is 11.8. The Hall–Kier alpha value is -2.12. The Bertz CT molecular complexity index is 412. The van der Waals surface area contributed by atoms with Crippen LogP contribution in [0.3, 0.4) is 0 Å². The Kier molecular flexibility index (Phi) is 3.68. The second-order valence-corrected chi connectivity index (χ2v) is 4.43. The van der Waals surface area contributed by atoms with E-state index in [9.17, 15) is 19.2 Å². The fourth-order valence-electron chi connectivity index (χ4n) is 2.00. The summed E-state index contributed by atoms with van der Waals surface area (Å²) >= 11 is 0. The molecule has 4 amide bonds. The van der Waals surface area contributed by atoms with Gasteiger partial charge in [-0.2, -0.15) is 0 Å². The van der Waals surface area contributed by atoms with E-state index in [2.05, 4.69) is 0 Å². The monoisotopic (exact) mass is 269 g/mol. The number of hydroxylamine groups is 2. The van der Waals surface area contributed by atoms with Crippen molar-refractivity contribution in [3.8, 4) is 0 Å². The molecule has 0 aromatic carbocycles. The lowest BCUT2D eigenvalue weighted by molar-refractivity contribution is -0.174. The van der Waals surface area contributed by atoms with E-state index < -0.39 is 17.9 Å². The van der Waals surface area contributed by atoms with Gasteiger partial charge in [0.15, 0.2) is 0 Å². The van der Waals surface area contributed by atoms with Crippen LogP contribution in [0.15, 0.2) is 0 Å². The summed E-state index contributed by atoms with van der Waals surface area (Å²) in [6.07, 6.45) is -0.583. The first-order valence-electron chi connectivity index (χ1n) is 6.07. The van der Waals surface area contributed by atoms with Gasteiger partial charge in [0.1, 0.15) is 0 Å². The maximum absolute atomic E-state index is 11.8. The molecule has 0 aromatic heterocycles. The van der Waals surface area contributed by atoms with Crippen molar-refractivity contribution >= 4 is 23.8 Å². The summed E-state index contributed by atoms with van der Waals surface area (Å²) in [7, 11) is 0. The van der Waals surface area contributed by atoms with Gasteiger partial charge >= 0.3 is 6.09 Å². The molecular weight excluding hydrogens is 254 g/mol. The third-order valence-corrected chi connectivity index (χ3v) is 3.16. The highest BCUT2D eigenvalue weighted by molar-refractivity contribution is 6.01. The smallest absolute Gasteiger partial charge is 0.339 e. The third-order valence-electron chi connectivity index (χ3n) is 3.16. The SMILES string of the molecule is CC(=O)N1CCN(C(=O)ON2C(=O)CCC2=O)CC1. The Morgan fingerprint density at radius 2 is 1.42 bits per heavy atom. The number of hydrogen-bond acceptors (Lipinski definition) is 5. The number of amides is 4. The molecule has 8 nitrogen and oxygen atoms in total. The van der Waals surface area contributed by atoms with Crippen LogP contribution in [0.2, 0.25) is 0 Å². The van der Waals surface area contributed by atoms with Crippen LogP contribution in [0.5, 0.6) is 0 Å². The van der Waals surface area contributed by atoms with Crippen LogP contribution >= 0.6 is 0 Å². The highest BCUT2D eigenvalue weighted by atomic mass is 16.7. The van der Waals surface area contributed by atoms with Gasteiger partial charge in [-0.15, -0.1) is 5.06 Å². The molecule has 2 fully saturated rings. The fraction of sp³-hybridized carbons (Fsp3) is 0.636. The van der Waals surface area contributed by atoms with E-state index >= 15 is 0 Å². The summed E-state index contributed by atoms with van der Waals surface area (Å²) in [5, 5.41) is 0.527. The number of carbonyl (C=O) groups excluding carboxylic acids is 4. The number of imide groups is 1. The number of hydrogen-bond donors (Lipinski definition) is 0. The average Bonchev–Trinajstić information content (AvgIpc) is 2.70. The first-order chi connectivity index (χ1) is 8.99. The van der Waals surface area contributed by atoms with Crippen molar-refractivity contribution in [2.45, 2.75) is 19.8 Å². The van der Waals surface area contributed by atoms with Crippen molar-refractivity contribution in [2.75, 3.05) is 26.2 Å². The second kappa shape index (κ2) is 5.25. The van der Waals surface area contributed by atoms with Gasteiger partial charge < -0.3 is 14.6 Å². The van der Waals surface area contributed by atoms with E-state index in [0.29, 0.717) is 31.2 Å². The molecule has 8 heteroatoms. The molecule has 104 valence electrons. The van der Waals surface area contributed by atoms with Crippen molar-refractivity contribution in [3.63, 3.8) is 0 Å². The molecule has 2 heterocycles. The molecule has 2 aliphatic rings. The Morgan fingerprint density at radius 3 is 1.89 bits per heavy atom. The van der Waals surface area contributed by atoms with Crippen LogP contribution in [-0.2, 0) is 19.2 Å². The number of piperazine rings is 1. The van der Waals surface area contributed by atoms with E-state index in [1.54, 1.807) is 4.90 Å². The van der Waals surface area contributed by atoms with Gasteiger partial charge in [-0.25, -0.2) is 4.79 Å². The zero-order chi connectivity index (χ0) is 14.0. The lowest BCUT2D eigenvalue weighted by Gasteiger charge is -2.33. The zero-order valence-electron chi connectivity index (χ0n) is 10.6. The molecule has 2 saturated heterocycles. The van der Waals surface area contributed by atoms with Crippen molar-refractivity contribution in [1.82, 2.24) is 14.9 Å². The molecule has 2 rings (SSSR count). The van der Waals surface area contributed by atoms with Crippen LogP contribution in [-0.4, -0.2) is 64.9 Å². The lowest BCUT2D eigenvalue weighted by Crippen LogP contribution is -2.51. The van der Waals surface area contributed by atoms with E-state index in [1.165, 1.54) is 11.8 Å². The van der Waals surface area contributed by atoms with Crippen molar-refractivity contribution < 1.29 is 24.0 Å². The average molecular weight is 269 g/mol. The van der Waals surface area contributed by atoms with E-state index in [-0.39, 0.29) is 18.7 Å². The maximum Gasteiger partial charge on any atom is 0.434 e. The van der Waals surface area contributed by atoms with E-state index in [4.69, 9.17) is 4.84 Å². The molecular formula is C11H15N3O5. The molecule has 2 aliphatic heterocycles. The van der Waals surface area contributed by atoms with Crippen LogP contribution in [0.25, 0.3) is 0 Å². The predicted octanol–water partition coefficient (Wildman–Crippen LogP) is -0.649. The normalized spacial score (nSPS) is 19.9. The minimum atomic E-state index is -0.730. The first kappa shape index (κ1) is 13.3. The van der Waals surface area contributed by atoms with Crippen molar-refractivity contribution in [1.29, 1.82) is 0 Å². The third kappa shape index (κ3) is 2.83. The molecule has 0 unspecified atom stereocenters. The fourth-order valence-corrected chi connectivity index (χ4v) is 2.00. The standard InChI is InChI=1S/C11H15N3O5/c1-8(15)12-4-6-13(7-5-12)11(18)19-14-9(16)2-3-10(14)17/h2-7H2,1H3. The second-order valence-electron chi connectivity index (χ2n) is 4.43. The predicted molar refractivity (Wildman–Crippen MR) is 61.4 cm³/mol. The van der Waals surface area contributed by atoms with Gasteiger partial charge in [0.05, 0.1) is 0 Å². The van der Waals surface area contributed by atoms with E-state index in [1.807, 2.05) is 0 Å². The highest BCUT2D eigenvalue weighted by Gasteiger charge is 2.34. The molecule has 0 atom stereocenters. The summed E-state index contributed by atoms with van der Waals surface area (Å²) in [4.78, 5) is 53.3. The molecule has 0 aromatic rings. The van der Waals surface area contributed by atoms with Crippen LogP contribution < -0.4 is 0 Å². The molecule has 0 N–H and O–H groups in total. The van der Waals surface area contributed by atoms with Gasteiger partial charge in [-0.1, -0.05) is 0 Å². The van der Waals surface area contributed by atoms with Gasteiger partial charge in [-0.3, -0.25) is 14.4 Å². The minimum absolute atomic E-state index is 0.0436. The van der Waals surface area contributed by atoms with Crippen LogP contribution in [0.1, 0.15) is 19.8 Å². The molecule has 0 radical (unpaired) electrons. The molecule has 0 spiro atoms. The van der Waals surface area contributed by atoms with Gasteiger partial charge in [0.2, 0.25) is 5.91 Å². The van der Waals surface area contributed by atoms with Crippen molar-refractivity contribution in [2.24, 2.45) is 0 Å². The van der Waals surface area contributed by atoms with E-state index in [0.717, 1.165) is 0 Å². The van der Waals surface area contributed by atoms with Crippen LogP contribution in [0.4, 0.5) is 4.79 Å².